The lowest BCUT2D eigenvalue weighted by Gasteiger charge is -2.31. The van der Waals surface area contributed by atoms with Crippen LogP contribution < -0.4 is 16.4 Å². The molecule has 194 valence electrons. The molecular formula is C24H36N4O7. The maximum Gasteiger partial charge on any atom is 0.326 e. The number of aliphatic hydroxyl groups excluding tert-OH is 1. The molecule has 1 aromatic rings. The summed E-state index contributed by atoms with van der Waals surface area (Å²) < 4.78 is 0. The number of hydrogen-bond donors (Lipinski definition) is 6. The van der Waals surface area contributed by atoms with Crippen LogP contribution in [-0.4, -0.2) is 80.7 Å². The highest BCUT2D eigenvalue weighted by atomic mass is 16.4. The number of carbonyl (C=O) groups is 4. The molecule has 1 aliphatic rings. The first-order valence-electron chi connectivity index (χ1n) is 11.8. The number of carboxylic acids is 1. The van der Waals surface area contributed by atoms with E-state index in [1.807, 2.05) is 6.92 Å². The summed E-state index contributed by atoms with van der Waals surface area (Å²) in [6.07, 6.45) is 0.233. The number of amides is 3. The molecule has 6 unspecified atom stereocenters. The lowest BCUT2D eigenvalue weighted by atomic mass is 9.98. The SMILES string of the molecule is CCC(C)C(N)C(=O)NC(C(=O)N1CCCC1C(=O)NC(Cc1ccc(O)cc1)C(=O)O)C(C)O. The molecule has 0 spiro atoms. The molecule has 35 heavy (non-hydrogen) atoms. The van der Waals surface area contributed by atoms with E-state index in [-0.39, 0.29) is 24.6 Å². The van der Waals surface area contributed by atoms with Crippen molar-refractivity contribution in [3.8, 4) is 5.75 Å². The zero-order valence-corrected chi connectivity index (χ0v) is 20.3. The fourth-order valence-electron chi connectivity index (χ4n) is 3.97. The van der Waals surface area contributed by atoms with Crippen molar-refractivity contribution < 1.29 is 34.5 Å². The highest BCUT2D eigenvalue weighted by Crippen LogP contribution is 2.20. The number of phenols is 1. The smallest absolute Gasteiger partial charge is 0.326 e. The molecule has 1 aromatic carbocycles. The van der Waals surface area contributed by atoms with E-state index >= 15 is 0 Å². The fraction of sp³-hybridized carbons (Fsp3) is 0.583. The van der Waals surface area contributed by atoms with Crippen molar-refractivity contribution in [2.75, 3.05) is 6.54 Å². The topological polar surface area (TPSA) is 182 Å². The Balaban J connectivity index is 2.11. The Morgan fingerprint density at radius 2 is 1.77 bits per heavy atom. The molecule has 11 nitrogen and oxygen atoms in total. The van der Waals surface area contributed by atoms with E-state index in [0.717, 1.165) is 0 Å². The average molecular weight is 493 g/mol. The van der Waals surface area contributed by atoms with Crippen LogP contribution in [0.4, 0.5) is 0 Å². The quantitative estimate of drug-likeness (QED) is 0.244. The van der Waals surface area contributed by atoms with Gasteiger partial charge < -0.3 is 36.6 Å². The van der Waals surface area contributed by atoms with E-state index in [1.54, 1.807) is 19.1 Å². The van der Waals surface area contributed by atoms with Gasteiger partial charge in [0.15, 0.2) is 0 Å². The van der Waals surface area contributed by atoms with Crippen molar-refractivity contribution >= 4 is 23.7 Å². The van der Waals surface area contributed by atoms with Crippen LogP contribution in [0.5, 0.6) is 5.75 Å². The van der Waals surface area contributed by atoms with Crippen molar-refractivity contribution in [2.24, 2.45) is 11.7 Å². The van der Waals surface area contributed by atoms with Crippen LogP contribution in [0.2, 0.25) is 0 Å². The summed E-state index contributed by atoms with van der Waals surface area (Å²) in [5, 5.41) is 34.2. The number of nitrogens with one attached hydrogen (secondary N) is 2. The van der Waals surface area contributed by atoms with Gasteiger partial charge in [0.05, 0.1) is 12.1 Å². The summed E-state index contributed by atoms with van der Waals surface area (Å²) in [7, 11) is 0. The summed E-state index contributed by atoms with van der Waals surface area (Å²) in [4.78, 5) is 51.8. The first kappa shape index (κ1) is 28.1. The van der Waals surface area contributed by atoms with Gasteiger partial charge in [-0.1, -0.05) is 32.4 Å². The first-order valence-corrected chi connectivity index (χ1v) is 11.8. The van der Waals surface area contributed by atoms with Gasteiger partial charge in [-0.15, -0.1) is 0 Å². The van der Waals surface area contributed by atoms with Crippen molar-refractivity contribution in [3.05, 3.63) is 29.8 Å². The number of rotatable bonds is 11. The van der Waals surface area contributed by atoms with Crippen LogP contribution in [0.15, 0.2) is 24.3 Å². The zero-order chi connectivity index (χ0) is 26.3. The zero-order valence-electron chi connectivity index (χ0n) is 20.3. The van der Waals surface area contributed by atoms with Gasteiger partial charge in [0.2, 0.25) is 17.7 Å². The molecule has 3 amide bonds. The third-order valence-electron chi connectivity index (χ3n) is 6.44. The molecule has 1 fully saturated rings. The Hall–Kier alpha value is -3.18. The minimum Gasteiger partial charge on any atom is -0.508 e. The van der Waals surface area contributed by atoms with Crippen LogP contribution >= 0.6 is 0 Å². The standard InChI is InChI=1S/C24H36N4O7/c1-4-13(2)19(25)22(32)27-20(14(3)29)23(33)28-11-5-6-18(28)21(31)26-17(24(34)35)12-15-7-9-16(30)10-8-15/h7-10,13-14,17-20,29-30H,4-6,11-12,25H2,1-3H3,(H,26,31)(H,27,32)(H,34,35). The predicted octanol–water partition coefficient (Wildman–Crippen LogP) is -0.266. The number of hydrogen-bond acceptors (Lipinski definition) is 7. The first-order chi connectivity index (χ1) is 16.5. The number of likely N-dealkylation sites (tertiary alicyclic amines) is 1. The second-order valence-corrected chi connectivity index (χ2v) is 9.10. The molecule has 0 aromatic heterocycles. The van der Waals surface area contributed by atoms with E-state index in [4.69, 9.17) is 5.73 Å². The van der Waals surface area contributed by atoms with Gasteiger partial charge in [0.25, 0.3) is 0 Å². The third-order valence-corrected chi connectivity index (χ3v) is 6.44. The molecule has 0 bridgehead atoms. The van der Waals surface area contributed by atoms with Gasteiger partial charge >= 0.3 is 5.97 Å². The maximum absolute atomic E-state index is 13.2. The lowest BCUT2D eigenvalue weighted by molar-refractivity contribution is -0.146. The van der Waals surface area contributed by atoms with Gasteiger partial charge in [-0.25, -0.2) is 4.79 Å². The lowest BCUT2D eigenvalue weighted by Crippen LogP contribution is -2.60. The number of nitrogens with zero attached hydrogens (tertiary/aromatic N) is 1. The van der Waals surface area contributed by atoms with Crippen LogP contribution in [0.3, 0.4) is 0 Å². The van der Waals surface area contributed by atoms with Gasteiger partial charge in [-0.3, -0.25) is 14.4 Å². The summed E-state index contributed by atoms with van der Waals surface area (Å²) in [5.74, 6) is -3.17. The number of carboxylic acid groups (broad SMARTS) is 1. The maximum atomic E-state index is 13.2. The number of nitrogens with two attached hydrogens (primary N) is 1. The van der Waals surface area contributed by atoms with E-state index in [9.17, 15) is 34.5 Å². The molecule has 2 rings (SSSR count). The molecule has 6 atom stereocenters. The second kappa shape index (κ2) is 12.5. The average Bonchev–Trinajstić information content (AvgIpc) is 3.31. The number of carbonyl (C=O) groups excluding carboxylic acids is 3. The molecule has 11 heteroatoms. The minimum atomic E-state index is -1.29. The third kappa shape index (κ3) is 7.40. The van der Waals surface area contributed by atoms with Crippen molar-refractivity contribution in [3.63, 3.8) is 0 Å². The van der Waals surface area contributed by atoms with Crippen LogP contribution in [0.1, 0.15) is 45.6 Å². The number of phenolic OH excluding ortho intramolecular Hbond substituents is 1. The summed E-state index contributed by atoms with van der Waals surface area (Å²) in [6.45, 7) is 5.28. The highest BCUT2D eigenvalue weighted by molar-refractivity contribution is 5.94. The van der Waals surface area contributed by atoms with Crippen molar-refractivity contribution in [1.29, 1.82) is 0 Å². The predicted molar refractivity (Wildman–Crippen MR) is 127 cm³/mol. The number of aliphatic hydroxyl groups is 1. The summed E-state index contributed by atoms with van der Waals surface area (Å²) in [5.41, 5.74) is 6.55. The summed E-state index contributed by atoms with van der Waals surface area (Å²) in [6, 6.07) is 1.62. The Morgan fingerprint density at radius 3 is 2.31 bits per heavy atom. The van der Waals surface area contributed by atoms with Gasteiger partial charge in [0, 0.05) is 13.0 Å². The van der Waals surface area contributed by atoms with E-state index < -0.39 is 54.0 Å². The normalized spacial score (nSPS) is 19.8. The Morgan fingerprint density at radius 1 is 1.14 bits per heavy atom. The van der Waals surface area contributed by atoms with Crippen molar-refractivity contribution in [2.45, 2.75) is 76.7 Å². The molecule has 0 radical (unpaired) electrons. The Bertz CT molecular complexity index is 906. The molecule has 0 aliphatic carbocycles. The van der Waals surface area contributed by atoms with Crippen LogP contribution in [0, 0.1) is 5.92 Å². The summed E-state index contributed by atoms with van der Waals surface area (Å²) >= 11 is 0. The Kier molecular flexibility index (Phi) is 10.0. The second-order valence-electron chi connectivity index (χ2n) is 9.10. The molecule has 7 N–H and O–H groups in total. The Labute approximate surface area is 204 Å². The highest BCUT2D eigenvalue weighted by Gasteiger charge is 2.40. The monoisotopic (exact) mass is 492 g/mol. The number of aliphatic carboxylic acids is 1. The van der Waals surface area contributed by atoms with E-state index in [0.29, 0.717) is 24.8 Å². The number of benzene rings is 1. The van der Waals surface area contributed by atoms with Gasteiger partial charge in [0.1, 0.15) is 23.9 Å². The van der Waals surface area contributed by atoms with E-state index in [2.05, 4.69) is 10.6 Å². The fourth-order valence-corrected chi connectivity index (χ4v) is 3.97. The minimum absolute atomic E-state index is 0.0120. The van der Waals surface area contributed by atoms with Crippen LogP contribution in [-0.2, 0) is 25.6 Å². The molecule has 1 aliphatic heterocycles. The molecule has 1 saturated heterocycles. The van der Waals surface area contributed by atoms with Gasteiger partial charge in [-0.2, -0.15) is 0 Å². The molecule has 0 saturated carbocycles. The van der Waals surface area contributed by atoms with Gasteiger partial charge in [-0.05, 0) is 43.4 Å². The molecular weight excluding hydrogens is 456 g/mol. The van der Waals surface area contributed by atoms with E-state index in [1.165, 1.54) is 24.0 Å². The molecule has 1 heterocycles. The van der Waals surface area contributed by atoms with Crippen molar-refractivity contribution in [1.82, 2.24) is 15.5 Å². The largest absolute Gasteiger partial charge is 0.508 e. The van der Waals surface area contributed by atoms with Crippen LogP contribution in [0.25, 0.3) is 0 Å². The number of aromatic hydroxyl groups is 1.